The quantitative estimate of drug-likeness (QED) is 0.779. The number of hydrogen-bond donors (Lipinski definition) is 1. The van der Waals surface area contributed by atoms with E-state index in [0.717, 1.165) is 25.9 Å². The van der Waals surface area contributed by atoms with Gasteiger partial charge in [-0.3, -0.25) is 0 Å². The normalized spacial score (nSPS) is 19.2. The van der Waals surface area contributed by atoms with Crippen molar-refractivity contribution >= 4 is 23.3 Å². The molecule has 28 heavy (non-hydrogen) atoms. The Labute approximate surface area is 173 Å². The lowest BCUT2D eigenvalue weighted by atomic mass is 9.96. The van der Waals surface area contributed by atoms with E-state index >= 15 is 0 Å². The zero-order valence-electron chi connectivity index (χ0n) is 17.0. The van der Waals surface area contributed by atoms with Crippen LogP contribution in [0.15, 0.2) is 12.1 Å². The van der Waals surface area contributed by atoms with Crippen LogP contribution in [0.4, 0.5) is 10.5 Å². The van der Waals surface area contributed by atoms with Gasteiger partial charge in [0.2, 0.25) is 0 Å². The monoisotopic (exact) mass is 409 g/mol. The fourth-order valence-electron chi connectivity index (χ4n) is 4.15. The van der Waals surface area contributed by atoms with Crippen LogP contribution in [0.25, 0.3) is 0 Å². The number of nitrogens with zero attached hydrogens (tertiary/aromatic N) is 2. The minimum atomic E-state index is -0.104. The number of hydrogen-bond acceptors (Lipinski definition) is 4. The predicted octanol–water partition coefficient (Wildman–Crippen LogP) is 4.48. The lowest BCUT2D eigenvalue weighted by Gasteiger charge is -2.34. The summed E-state index contributed by atoms with van der Waals surface area (Å²) in [6, 6.07) is 3.25. The van der Waals surface area contributed by atoms with Gasteiger partial charge in [0.1, 0.15) is 11.5 Å². The van der Waals surface area contributed by atoms with Crippen LogP contribution >= 0.6 is 11.6 Å². The summed E-state index contributed by atoms with van der Waals surface area (Å²) in [7, 11) is 3.11. The number of carbonyl (C=O) groups excluding carboxylic acids is 1. The highest BCUT2D eigenvalue weighted by Crippen LogP contribution is 2.36. The van der Waals surface area contributed by atoms with Crippen LogP contribution in [0.5, 0.6) is 11.5 Å². The molecule has 0 unspecified atom stereocenters. The summed E-state index contributed by atoms with van der Waals surface area (Å²) >= 11 is 6.20. The van der Waals surface area contributed by atoms with E-state index in [1.54, 1.807) is 26.4 Å². The summed E-state index contributed by atoms with van der Waals surface area (Å²) in [6.07, 6.45) is 7.51. The van der Waals surface area contributed by atoms with E-state index in [-0.39, 0.29) is 6.03 Å². The topological polar surface area (TPSA) is 54.0 Å². The zero-order valence-corrected chi connectivity index (χ0v) is 17.8. The highest BCUT2D eigenvalue weighted by Gasteiger charge is 2.25. The largest absolute Gasteiger partial charge is 0.495 e. The number of carbonyl (C=O) groups is 1. The maximum absolute atomic E-state index is 12.7. The molecule has 2 amide bonds. The maximum Gasteiger partial charge on any atom is 0.321 e. The Kier molecular flexibility index (Phi) is 7.68. The Morgan fingerprint density at radius 2 is 1.68 bits per heavy atom. The van der Waals surface area contributed by atoms with Crippen LogP contribution in [0.3, 0.4) is 0 Å². The summed E-state index contributed by atoms with van der Waals surface area (Å²) in [6.45, 7) is 5.22. The van der Waals surface area contributed by atoms with Gasteiger partial charge in [0, 0.05) is 25.7 Å². The van der Waals surface area contributed by atoms with Crippen molar-refractivity contribution in [3.63, 3.8) is 0 Å². The first kappa shape index (κ1) is 21.1. The number of anilines is 1. The first-order valence-corrected chi connectivity index (χ1v) is 10.7. The van der Waals surface area contributed by atoms with Crippen LogP contribution in [0, 0.1) is 5.92 Å². The molecular weight excluding hydrogens is 378 g/mol. The van der Waals surface area contributed by atoms with E-state index in [1.165, 1.54) is 45.3 Å². The molecule has 6 nitrogen and oxygen atoms in total. The second-order valence-corrected chi connectivity index (χ2v) is 8.17. The van der Waals surface area contributed by atoms with Gasteiger partial charge in [0.25, 0.3) is 0 Å². The fraction of sp³-hybridized carbons (Fsp3) is 0.667. The molecular formula is C21H32ClN3O3. The molecule has 2 saturated heterocycles. The number of nitrogens with one attached hydrogen (secondary N) is 1. The molecule has 7 heteroatoms. The second-order valence-electron chi connectivity index (χ2n) is 7.76. The van der Waals surface area contributed by atoms with E-state index in [0.29, 0.717) is 28.1 Å². The summed E-state index contributed by atoms with van der Waals surface area (Å²) in [5.41, 5.74) is 0.560. The number of ether oxygens (including phenoxy) is 2. The Hall–Kier alpha value is -1.66. The average Bonchev–Trinajstić information content (AvgIpc) is 2.97. The Morgan fingerprint density at radius 1 is 1.04 bits per heavy atom. The third-order valence-corrected chi connectivity index (χ3v) is 6.13. The van der Waals surface area contributed by atoms with Crippen LogP contribution < -0.4 is 14.8 Å². The van der Waals surface area contributed by atoms with Gasteiger partial charge in [0.15, 0.2) is 0 Å². The maximum atomic E-state index is 12.7. The number of urea groups is 1. The standard InChI is InChI=1S/C21H32ClN3O3/c1-27-19-14-20(28-2)18(13-17(19)22)23-21(26)25-11-7-16(8-12-25)15-24-9-5-3-4-6-10-24/h13-14,16H,3-12,15H2,1-2H3,(H,23,26). The highest BCUT2D eigenvalue weighted by molar-refractivity contribution is 6.32. The molecule has 2 fully saturated rings. The van der Waals surface area contributed by atoms with Crippen molar-refractivity contribution in [3.05, 3.63) is 17.2 Å². The number of rotatable bonds is 5. The molecule has 0 saturated carbocycles. The van der Waals surface area contributed by atoms with Crippen molar-refractivity contribution in [1.82, 2.24) is 9.80 Å². The van der Waals surface area contributed by atoms with Gasteiger partial charge >= 0.3 is 6.03 Å². The molecule has 0 aliphatic carbocycles. The molecule has 2 aliphatic rings. The summed E-state index contributed by atoms with van der Waals surface area (Å²) in [5.74, 6) is 1.74. The Balaban J connectivity index is 1.52. The van der Waals surface area contributed by atoms with Gasteiger partial charge in [-0.25, -0.2) is 4.79 Å². The molecule has 0 aromatic heterocycles. The second kappa shape index (κ2) is 10.2. The summed E-state index contributed by atoms with van der Waals surface area (Å²) in [4.78, 5) is 17.2. The number of piperidine rings is 1. The molecule has 1 N–H and O–H groups in total. The molecule has 1 aromatic rings. The Morgan fingerprint density at radius 3 is 2.29 bits per heavy atom. The lowest BCUT2D eigenvalue weighted by molar-refractivity contribution is 0.155. The molecule has 0 spiro atoms. The van der Waals surface area contributed by atoms with Crippen molar-refractivity contribution in [3.8, 4) is 11.5 Å². The molecule has 156 valence electrons. The molecule has 2 aliphatic heterocycles. The number of halogens is 1. The highest BCUT2D eigenvalue weighted by atomic mass is 35.5. The fourth-order valence-corrected chi connectivity index (χ4v) is 4.40. The van der Waals surface area contributed by atoms with Crippen LogP contribution in [0.1, 0.15) is 38.5 Å². The lowest BCUT2D eigenvalue weighted by Crippen LogP contribution is -2.43. The minimum Gasteiger partial charge on any atom is -0.495 e. The van der Waals surface area contributed by atoms with Crippen molar-refractivity contribution in [1.29, 1.82) is 0 Å². The third kappa shape index (κ3) is 5.45. The third-order valence-electron chi connectivity index (χ3n) is 5.83. The van der Waals surface area contributed by atoms with Crippen molar-refractivity contribution in [2.24, 2.45) is 5.92 Å². The molecule has 1 aromatic carbocycles. The molecule has 3 rings (SSSR count). The number of amides is 2. The Bertz CT molecular complexity index is 655. The van der Waals surface area contributed by atoms with Gasteiger partial charge in [-0.15, -0.1) is 0 Å². The molecule has 0 atom stereocenters. The van der Waals surface area contributed by atoms with Crippen molar-refractivity contribution in [2.45, 2.75) is 38.5 Å². The van der Waals surface area contributed by atoms with E-state index in [9.17, 15) is 4.79 Å². The number of benzene rings is 1. The SMILES string of the molecule is COc1cc(OC)c(NC(=O)N2CCC(CN3CCCCCC3)CC2)cc1Cl. The van der Waals surface area contributed by atoms with Crippen LogP contribution in [-0.4, -0.2) is 62.8 Å². The van der Waals surface area contributed by atoms with Gasteiger partial charge < -0.3 is 24.6 Å². The molecule has 2 heterocycles. The minimum absolute atomic E-state index is 0.104. The first-order chi connectivity index (χ1) is 13.6. The smallest absolute Gasteiger partial charge is 0.321 e. The first-order valence-electron chi connectivity index (χ1n) is 10.3. The van der Waals surface area contributed by atoms with E-state index < -0.39 is 0 Å². The summed E-state index contributed by atoms with van der Waals surface area (Å²) in [5, 5.41) is 3.38. The predicted molar refractivity (Wildman–Crippen MR) is 113 cm³/mol. The number of likely N-dealkylation sites (tertiary alicyclic amines) is 2. The van der Waals surface area contributed by atoms with E-state index in [2.05, 4.69) is 10.2 Å². The van der Waals surface area contributed by atoms with Crippen LogP contribution in [0.2, 0.25) is 5.02 Å². The summed E-state index contributed by atoms with van der Waals surface area (Å²) < 4.78 is 10.6. The van der Waals surface area contributed by atoms with Gasteiger partial charge in [-0.05, 0) is 50.8 Å². The van der Waals surface area contributed by atoms with Gasteiger partial charge in [-0.2, -0.15) is 0 Å². The van der Waals surface area contributed by atoms with Gasteiger partial charge in [0.05, 0.1) is 24.9 Å². The van der Waals surface area contributed by atoms with Crippen LogP contribution in [-0.2, 0) is 0 Å². The van der Waals surface area contributed by atoms with Crippen molar-refractivity contribution < 1.29 is 14.3 Å². The molecule has 0 bridgehead atoms. The van der Waals surface area contributed by atoms with E-state index in [1.807, 2.05) is 4.90 Å². The molecule has 0 radical (unpaired) electrons. The zero-order chi connectivity index (χ0) is 19.9. The average molecular weight is 410 g/mol. The van der Waals surface area contributed by atoms with Crippen molar-refractivity contribution in [2.75, 3.05) is 52.3 Å². The van der Waals surface area contributed by atoms with Gasteiger partial charge in [-0.1, -0.05) is 24.4 Å². The van der Waals surface area contributed by atoms with E-state index in [4.69, 9.17) is 21.1 Å². The number of methoxy groups -OCH3 is 2.